The van der Waals surface area contributed by atoms with Gasteiger partial charge in [0.25, 0.3) is 0 Å². The second kappa shape index (κ2) is 5.64. The molecule has 3 N–H and O–H groups in total. The van der Waals surface area contributed by atoms with Crippen LogP contribution in [0.4, 0.5) is 11.5 Å². The third-order valence-electron chi connectivity index (χ3n) is 2.54. The van der Waals surface area contributed by atoms with Gasteiger partial charge in [0.2, 0.25) is 0 Å². The van der Waals surface area contributed by atoms with Crippen molar-refractivity contribution in [3.63, 3.8) is 0 Å². The maximum Gasteiger partial charge on any atom is 0.150 e. The molecule has 0 aromatic carbocycles. The first kappa shape index (κ1) is 11.9. The summed E-state index contributed by atoms with van der Waals surface area (Å²) in [5.74, 6) is 0.554. The molecule has 0 saturated carbocycles. The fourth-order valence-electron chi connectivity index (χ4n) is 1.58. The predicted octanol–water partition coefficient (Wildman–Crippen LogP) is 1.59. The van der Waals surface area contributed by atoms with Gasteiger partial charge in [0.1, 0.15) is 6.07 Å². The molecule has 0 aliphatic rings. The van der Waals surface area contributed by atoms with Gasteiger partial charge in [-0.2, -0.15) is 5.26 Å². The minimum Gasteiger partial charge on any atom is -0.395 e. The van der Waals surface area contributed by atoms with Gasteiger partial charge in [0.05, 0.1) is 11.3 Å². The van der Waals surface area contributed by atoms with Gasteiger partial charge >= 0.3 is 0 Å². The van der Waals surface area contributed by atoms with Crippen molar-refractivity contribution in [2.45, 2.75) is 6.42 Å². The monoisotopic (exact) mass is 239 g/mol. The van der Waals surface area contributed by atoms with E-state index in [9.17, 15) is 0 Å². The van der Waals surface area contributed by atoms with Crippen LogP contribution in [0.15, 0.2) is 36.8 Å². The Morgan fingerprint density at radius 1 is 1.33 bits per heavy atom. The number of hydrogen-bond acceptors (Lipinski definition) is 5. The lowest BCUT2D eigenvalue weighted by Gasteiger charge is -2.08. The molecule has 0 bridgehead atoms. The molecule has 5 heteroatoms. The summed E-state index contributed by atoms with van der Waals surface area (Å²) in [6, 6.07) is 7.54. The molecule has 90 valence electrons. The van der Waals surface area contributed by atoms with E-state index in [1.165, 1.54) is 0 Å². The van der Waals surface area contributed by atoms with E-state index < -0.39 is 0 Å². The third kappa shape index (κ3) is 2.74. The number of nitrogens with two attached hydrogens (primary N) is 1. The summed E-state index contributed by atoms with van der Waals surface area (Å²) in [5, 5.41) is 12.0. The highest BCUT2D eigenvalue weighted by Gasteiger charge is 2.04. The Hall–Kier alpha value is -2.61. The van der Waals surface area contributed by atoms with Crippen LogP contribution in [-0.2, 0) is 6.42 Å². The summed E-state index contributed by atoms with van der Waals surface area (Å²) >= 11 is 0. The number of nitrogen functional groups attached to an aromatic ring is 1. The Labute approximate surface area is 105 Å². The van der Waals surface area contributed by atoms with Crippen molar-refractivity contribution >= 4 is 11.5 Å². The first-order valence-electron chi connectivity index (χ1n) is 5.58. The van der Waals surface area contributed by atoms with Crippen molar-refractivity contribution in [1.29, 1.82) is 5.26 Å². The van der Waals surface area contributed by atoms with E-state index in [0.717, 1.165) is 12.0 Å². The highest BCUT2D eigenvalue weighted by Crippen LogP contribution is 2.18. The number of nitriles is 1. The molecule has 2 rings (SSSR count). The number of hydrogen-bond donors (Lipinski definition) is 2. The Morgan fingerprint density at radius 2 is 2.22 bits per heavy atom. The molecule has 0 amide bonds. The van der Waals surface area contributed by atoms with Crippen LogP contribution in [0.2, 0.25) is 0 Å². The van der Waals surface area contributed by atoms with Crippen LogP contribution in [0.25, 0.3) is 0 Å². The van der Waals surface area contributed by atoms with Crippen molar-refractivity contribution in [3.05, 3.63) is 47.9 Å². The molecule has 5 nitrogen and oxygen atoms in total. The molecule has 0 aliphatic carbocycles. The van der Waals surface area contributed by atoms with E-state index in [1.54, 1.807) is 18.5 Å². The van der Waals surface area contributed by atoms with Crippen molar-refractivity contribution in [3.8, 4) is 6.07 Å². The van der Waals surface area contributed by atoms with Crippen molar-refractivity contribution in [1.82, 2.24) is 9.97 Å². The molecule has 0 fully saturated rings. The number of rotatable bonds is 4. The smallest absolute Gasteiger partial charge is 0.150 e. The number of nitrogens with zero attached hydrogens (tertiary/aromatic N) is 3. The Morgan fingerprint density at radius 3 is 2.94 bits per heavy atom. The molecule has 0 radical (unpaired) electrons. The van der Waals surface area contributed by atoms with Gasteiger partial charge in [0, 0.05) is 25.1 Å². The fourth-order valence-corrected chi connectivity index (χ4v) is 1.58. The van der Waals surface area contributed by atoms with Crippen LogP contribution < -0.4 is 11.1 Å². The summed E-state index contributed by atoms with van der Waals surface area (Å²) in [4.78, 5) is 8.16. The van der Waals surface area contributed by atoms with Crippen LogP contribution >= 0.6 is 0 Å². The first-order chi connectivity index (χ1) is 8.81. The highest BCUT2D eigenvalue weighted by molar-refractivity contribution is 5.68. The number of nitrogens with one attached hydrogen (secondary N) is 1. The Kier molecular flexibility index (Phi) is 3.72. The Bertz CT molecular complexity index is 559. The van der Waals surface area contributed by atoms with Gasteiger partial charge in [-0.1, -0.05) is 6.07 Å². The molecular formula is C13H13N5. The molecule has 2 aromatic rings. The molecule has 18 heavy (non-hydrogen) atoms. The van der Waals surface area contributed by atoms with Crippen LogP contribution in [0.5, 0.6) is 0 Å². The van der Waals surface area contributed by atoms with Crippen molar-refractivity contribution in [2.75, 3.05) is 17.6 Å². The molecule has 0 atom stereocenters. The maximum atomic E-state index is 8.85. The van der Waals surface area contributed by atoms with E-state index in [-0.39, 0.29) is 0 Å². The van der Waals surface area contributed by atoms with Crippen LogP contribution in [-0.4, -0.2) is 16.5 Å². The molecule has 2 aromatic heterocycles. The summed E-state index contributed by atoms with van der Waals surface area (Å²) < 4.78 is 0. The second-order valence-electron chi connectivity index (χ2n) is 3.77. The summed E-state index contributed by atoms with van der Waals surface area (Å²) in [7, 11) is 0. The topological polar surface area (TPSA) is 87.6 Å². The summed E-state index contributed by atoms with van der Waals surface area (Å²) in [6.45, 7) is 0.692. The van der Waals surface area contributed by atoms with Crippen LogP contribution in [0.3, 0.4) is 0 Å². The van der Waals surface area contributed by atoms with Gasteiger partial charge in [-0.05, 0) is 24.1 Å². The zero-order chi connectivity index (χ0) is 12.8. The zero-order valence-corrected chi connectivity index (χ0v) is 9.80. The predicted molar refractivity (Wildman–Crippen MR) is 69.8 cm³/mol. The third-order valence-corrected chi connectivity index (χ3v) is 2.54. The van der Waals surface area contributed by atoms with E-state index in [0.29, 0.717) is 23.6 Å². The van der Waals surface area contributed by atoms with Gasteiger partial charge in [-0.15, -0.1) is 0 Å². The average Bonchev–Trinajstić information content (AvgIpc) is 2.42. The number of aromatic nitrogens is 2. The molecule has 0 unspecified atom stereocenters. The lowest BCUT2D eigenvalue weighted by atomic mass is 10.2. The number of pyridine rings is 2. The molecule has 2 heterocycles. The number of anilines is 2. The standard InChI is InChI=1S/C13H13N5/c14-8-11-4-7-18-13(12(11)15)17-6-3-10-2-1-5-16-9-10/h1-2,4-5,7,9H,3,6,15H2,(H,17,18). The first-order valence-corrected chi connectivity index (χ1v) is 5.58. The van der Waals surface area contributed by atoms with Crippen LogP contribution in [0, 0.1) is 11.3 Å². The second-order valence-corrected chi connectivity index (χ2v) is 3.77. The Balaban J connectivity index is 1.97. The SMILES string of the molecule is N#Cc1ccnc(NCCc2cccnc2)c1N. The maximum absolute atomic E-state index is 8.85. The van der Waals surface area contributed by atoms with E-state index in [2.05, 4.69) is 15.3 Å². The molecule has 0 saturated heterocycles. The minimum absolute atomic E-state index is 0.395. The normalized spacial score (nSPS) is 9.72. The van der Waals surface area contributed by atoms with Crippen molar-refractivity contribution < 1.29 is 0 Å². The van der Waals surface area contributed by atoms with E-state index in [1.807, 2.05) is 24.4 Å². The summed E-state index contributed by atoms with van der Waals surface area (Å²) in [5.41, 5.74) is 7.79. The van der Waals surface area contributed by atoms with Gasteiger partial charge in [-0.3, -0.25) is 4.98 Å². The van der Waals surface area contributed by atoms with Crippen molar-refractivity contribution in [2.24, 2.45) is 0 Å². The van der Waals surface area contributed by atoms with Gasteiger partial charge in [0.15, 0.2) is 5.82 Å². The van der Waals surface area contributed by atoms with Gasteiger partial charge < -0.3 is 11.1 Å². The molecule has 0 aliphatic heterocycles. The largest absolute Gasteiger partial charge is 0.395 e. The highest BCUT2D eigenvalue weighted by atomic mass is 15.0. The minimum atomic E-state index is 0.395. The zero-order valence-electron chi connectivity index (χ0n) is 9.80. The quantitative estimate of drug-likeness (QED) is 0.845. The fraction of sp³-hybridized carbons (Fsp3) is 0.154. The van der Waals surface area contributed by atoms with Gasteiger partial charge in [-0.25, -0.2) is 4.98 Å². The average molecular weight is 239 g/mol. The lowest BCUT2D eigenvalue weighted by molar-refractivity contribution is 0.994. The molecular weight excluding hydrogens is 226 g/mol. The summed E-state index contributed by atoms with van der Waals surface area (Å²) in [6.07, 6.45) is 5.96. The van der Waals surface area contributed by atoms with Crippen LogP contribution in [0.1, 0.15) is 11.1 Å². The van der Waals surface area contributed by atoms with E-state index >= 15 is 0 Å². The molecule has 0 spiro atoms. The lowest BCUT2D eigenvalue weighted by Crippen LogP contribution is -2.09. The van der Waals surface area contributed by atoms with E-state index in [4.69, 9.17) is 11.0 Å².